The maximum Gasteiger partial charge on any atom is 0.140 e. The van der Waals surface area contributed by atoms with Crippen LogP contribution in [0.3, 0.4) is 0 Å². The Kier molecular flexibility index (Phi) is 3.06. The van der Waals surface area contributed by atoms with E-state index < -0.39 is 0 Å². The summed E-state index contributed by atoms with van der Waals surface area (Å²) in [7, 11) is 0. The molecule has 2 aromatic heterocycles. The Morgan fingerprint density at radius 3 is 2.84 bits per heavy atom. The van der Waals surface area contributed by atoms with E-state index in [-0.39, 0.29) is 0 Å². The number of fused-ring (bicyclic) bond motifs is 1. The fourth-order valence-electron chi connectivity index (χ4n) is 2.09. The Labute approximate surface area is 119 Å². The number of hydrogen-bond acceptors (Lipinski definition) is 3. The first-order valence-electron chi connectivity index (χ1n) is 6.16. The molecule has 0 atom stereocenters. The van der Waals surface area contributed by atoms with Crippen LogP contribution in [0.2, 0.25) is 0 Å². The second-order valence-electron chi connectivity index (χ2n) is 4.45. The number of halogens is 1. The summed E-state index contributed by atoms with van der Waals surface area (Å²) in [4.78, 5) is 7.98. The first-order chi connectivity index (χ1) is 9.17. The van der Waals surface area contributed by atoms with Crippen LogP contribution in [0.1, 0.15) is 18.3 Å². The lowest BCUT2D eigenvalue weighted by Gasteiger charge is -2.03. The molecule has 0 aliphatic rings. The van der Waals surface area contributed by atoms with Crippen molar-refractivity contribution in [2.24, 2.45) is 0 Å². The van der Waals surface area contributed by atoms with Gasteiger partial charge in [-0.2, -0.15) is 10.2 Å². The van der Waals surface area contributed by atoms with Crippen molar-refractivity contribution < 1.29 is 0 Å². The molecule has 3 aromatic rings. The average Bonchev–Trinajstić information content (AvgIpc) is 2.81. The van der Waals surface area contributed by atoms with Crippen LogP contribution >= 0.6 is 15.9 Å². The molecule has 5 heteroatoms. The van der Waals surface area contributed by atoms with Crippen molar-refractivity contribution in [3.05, 3.63) is 40.1 Å². The minimum Gasteiger partial charge on any atom is -0.338 e. The van der Waals surface area contributed by atoms with E-state index in [1.54, 1.807) is 0 Å². The van der Waals surface area contributed by atoms with Crippen LogP contribution < -0.4 is 0 Å². The van der Waals surface area contributed by atoms with Gasteiger partial charge < -0.3 is 4.98 Å². The van der Waals surface area contributed by atoms with Gasteiger partial charge in [-0.15, -0.1) is 0 Å². The Balaban J connectivity index is 2.21. The molecule has 0 saturated heterocycles. The molecule has 4 nitrogen and oxygen atoms in total. The lowest BCUT2D eigenvalue weighted by atomic mass is 10.1. The van der Waals surface area contributed by atoms with Gasteiger partial charge in [0.05, 0.1) is 22.4 Å². The molecule has 0 unspecified atom stereocenters. The van der Waals surface area contributed by atoms with E-state index in [0.29, 0.717) is 0 Å². The second-order valence-corrected chi connectivity index (χ2v) is 5.36. The monoisotopic (exact) mass is 316 g/mol. The lowest BCUT2D eigenvalue weighted by molar-refractivity contribution is 0.893. The zero-order valence-corrected chi connectivity index (χ0v) is 12.3. The SMILES string of the molecule is CCc1nnc(C)cc1-c1nc2ccc(Br)cc2[nH]1. The fraction of sp³-hybridized carbons (Fsp3) is 0.214. The zero-order chi connectivity index (χ0) is 13.4. The molecule has 96 valence electrons. The molecule has 0 radical (unpaired) electrons. The largest absolute Gasteiger partial charge is 0.338 e. The van der Waals surface area contributed by atoms with Crippen molar-refractivity contribution in [3.8, 4) is 11.4 Å². The third-order valence-corrected chi connectivity index (χ3v) is 3.52. The molecular formula is C14H13BrN4. The predicted molar refractivity (Wildman–Crippen MR) is 78.9 cm³/mol. The number of rotatable bonds is 2. The van der Waals surface area contributed by atoms with Crippen molar-refractivity contribution in [1.29, 1.82) is 0 Å². The van der Waals surface area contributed by atoms with Crippen molar-refractivity contribution in [1.82, 2.24) is 20.2 Å². The van der Waals surface area contributed by atoms with E-state index in [0.717, 1.165) is 44.7 Å². The van der Waals surface area contributed by atoms with Crippen molar-refractivity contribution in [2.45, 2.75) is 20.3 Å². The number of aromatic amines is 1. The minimum atomic E-state index is 0.837. The topological polar surface area (TPSA) is 54.5 Å². The Morgan fingerprint density at radius 2 is 2.05 bits per heavy atom. The van der Waals surface area contributed by atoms with Crippen LogP contribution in [0.4, 0.5) is 0 Å². The summed E-state index contributed by atoms with van der Waals surface area (Å²) in [5, 5.41) is 8.35. The third-order valence-electron chi connectivity index (χ3n) is 3.03. The summed E-state index contributed by atoms with van der Waals surface area (Å²) in [5.41, 5.74) is 4.86. The molecule has 3 rings (SSSR count). The minimum absolute atomic E-state index is 0.837. The summed E-state index contributed by atoms with van der Waals surface area (Å²) >= 11 is 3.47. The van der Waals surface area contributed by atoms with Gasteiger partial charge in [-0.05, 0) is 37.6 Å². The number of benzene rings is 1. The number of imidazole rings is 1. The number of nitrogens with zero attached hydrogens (tertiary/aromatic N) is 3. The van der Waals surface area contributed by atoms with Gasteiger partial charge in [-0.25, -0.2) is 4.98 Å². The van der Waals surface area contributed by atoms with Crippen LogP contribution in [-0.4, -0.2) is 20.2 Å². The third kappa shape index (κ3) is 2.26. The lowest BCUT2D eigenvalue weighted by Crippen LogP contribution is -1.98. The Hall–Kier alpha value is -1.75. The molecule has 0 fully saturated rings. The quantitative estimate of drug-likeness (QED) is 0.785. The molecular weight excluding hydrogens is 304 g/mol. The van der Waals surface area contributed by atoms with Gasteiger partial charge in [0.25, 0.3) is 0 Å². The molecule has 0 amide bonds. The van der Waals surface area contributed by atoms with Gasteiger partial charge in [0.2, 0.25) is 0 Å². The van der Waals surface area contributed by atoms with Crippen LogP contribution in [0.15, 0.2) is 28.7 Å². The predicted octanol–water partition coefficient (Wildman–Crippen LogP) is 3.65. The van der Waals surface area contributed by atoms with E-state index in [9.17, 15) is 0 Å². The van der Waals surface area contributed by atoms with Crippen LogP contribution in [0.25, 0.3) is 22.4 Å². The van der Waals surface area contributed by atoms with Gasteiger partial charge in [0.1, 0.15) is 5.82 Å². The summed E-state index contributed by atoms with van der Waals surface area (Å²) in [6.45, 7) is 4.01. The average molecular weight is 317 g/mol. The molecule has 0 aliphatic carbocycles. The zero-order valence-electron chi connectivity index (χ0n) is 10.7. The Bertz CT molecular complexity index is 748. The van der Waals surface area contributed by atoms with Crippen molar-refractivity contribution >= 4 is 27.0 Å². The van der Waals surface area contributed by atoms with E-state index >= 15 is 0 Å². The Morgan fingerprint density at radius 1 is 1.21 bits per heavy atom. The first kappa shape index (κ1) is 12.3. The number of H-pyrrole nitrogens is 1. The van der Waals surface area contributed by atoms with Gasteiger partial charge in [-0.3, -0.25) is 0 Å². The molecule has 0 saturated carbocycles. The van der Waals surface area contributed by atoms with E-state index in [1.807, 2.05) is 31.2 Å². The fourth-order valence-corrected chi connectivity index (χ4v) is 2.45. The summed E-state index contributed by atoms with van der Waals surface area (Å²) in [6.07, 6.45) is 0.837. The van der Waals surface area contributed by atoms with Gasteiger partial charge >= 0.3 is 0 Å². The van der Waals surface area contributed by atoms with E-state index in [4.69, 9.17) is 0 Å². The highest BCUT2D eigenvalue weighted by molar-refractivity contribution is 9.10. The number of nitrogens with one attached hydrogen (secondary N) is 1. The molecule has 0 spiro atoms. The number of hydrogen-bond donors (Lipinski definition) is 1. The van der Waals surface area contributed by atoms with E-state index in [2.05, 4.69) is 43.0 Å². The molecule has 0 aliphatic heterocycles. The summed E-state index contributed by atoms with van der Waals surface area (Å²) < 4.78 is 1.04. The van der Waals surface area contributed by atoms with Crippen LogP contribution in [-0.2, 0) is 6.42 Å². The smallest absolute Gasteiger partial charge is 0.140 e. The standard InChI is InChI=1S/C14H13BrN4/c1-3-11-10(6-8(2)18-19-11)14-16-12-5-4-9(15)7-13(12)17-14/h4-7H,3H2,1-2H3,(H,16,17). The summed E-state index contributed by atoms with van der Waals surface area (Å²) in [5.74, 6) is 0.850. The maximum absolute atomic E-state index is 4.63. The molecule has 2 heterocycles. The maximum atomic E-state index is 4.63. The van der Waals surface area contributed by atoms with Crippen LogP contribution in [0.5, 0.6) is 0 Å². The van der Waals surface area contributed by atoms with Crippen molar-refractivity contribution in [2.75, 3.05) is 0 Å². The highest BCUT2D eigenvalue weighted by atomic mass is 79.9. The molecule has 1 N–H and O–H groups in total. The second kappa shape index (κ2) is 4.74. The first-order valence-corrected chi connectivity index (χ1v) is 6.95. The molecule has 0 bridgehead atoms. The van der Waals surface area contributed by atoms with Gasteiger partial charge in [-0.1, -0.05) is 22.9 Å². The van der Waals surface area contributed by atoms with Crippen molar-refractivity contribution in [3.63, 3.8) is 0 Å². The van der Waals surface area contributed by atoms with Crippen LogP contribution in [0, 0.1) is 6.92 Å². The molecule has 1 aromatic carbocycles. The summed E-state index contributed by atoms with van der Waals surface area (Å²) in [6, 6.07) is 8.04. The number of aromatic nitrogens is 4. The normalized spacial score (nSPS) is 11.1. The van der Waals surface area contributed by atoms with E-state index in [1.165, 1.54) is 0 Å². The molecule has 19 heavy (non-hydrogen) atoms. The van der Waals surface area contributed by atoms with Gasteiger partial charge in [0, 0.05) is 10.0 Å². The number of aryl methyl sites for hydroxylation is 2. The van der Waals surface area contributed by atoms with Gasteiger partial charge in [0.15, 0.2) is 0 Å². The highest BCUT2D eigenvalue weighted by Gasteiger charge is 2.11. The highest BCUT2D eigenvalue weighted by Crippen LogP contribution is 2.25.